The number of rotatable bonds is 10. The molecule has 2 aliphatic rings. The van der Waals surface area contributed by atoms with Crippen LogP contribution in [0, 0.1) is 0 Å². The number of carbonyl (C=O) groups excluding carboxylic acids is 1. The standard InChI is InChI=1S/C29H34F3N7O3S/c1-2-21-7-4-9-39(21)18-23-26(19-5-3-6-20(15-19)29(30,31)32)35-28(43-23)36-27(42)22-16-34-24(17-33-22)38-13-11-37(12-14-38)10-8-25(40)41/h3,5-6,15-17,21H,2,4,7-14,18H2,1H3,(H,40,41)(H,35,36,42). The Labute approximate surface area is 251 Å². The summed E-state index contributed by atoms with van der Waals surface area (Å²) in [6.45, 7) is 6.80. The fourth-order valence-corrected chi connectivity index (χ4v) is 6.55. The number of carbonyl (C=O) groups is 2. The summed E-state index contributed by atoms with van der Waals surface area (Å²) >= 11 is 1.26. The van der Waals surface area contributed by atoms with Crippen molar-refractivity contribution in [2.45, 2.75) is 51.4 Å². The molecule has 0 aliphatic carbocycles. The van der Waals surface area contributed by atoms with Gasteiger partial charge in [-0.2, -0.15) is 13.2 Å². The highest BCUT2D eigenvalue weighted by Gasteiger charge is 2.31. The van der Waals surface area contributed by atoms with Crippen molar-refractivity contribution in [3.05, 3.63) is 52.8 Å². The SMILES string of the molecule is CCC1CCCN1Cc1sc(NC(=O)c2cnc(N3CCN(CCC(=O)O)CC3)cn2)nc1-c1cccc(C(F)(F)F)c1. The zero-order valence-corrected chi connectivity index (χ0v) is 24.6. The number of hydrogen-bond donors (Lipinski definition) is 2. The topological polar surface area (TPSA) is 115 Å². The second-order valence-electron chi connectivity index (χ2n) is 10.7. The highest BCUT2D eigenvalue weighted by molar-refractivity contribution is 7.16. The number of aliphatic carboxylic acids is 1. The Bertz CT molecular complexity index is 1430. The van der Waals surface area contributed by atoms with Crippen molar-refractivity contribution in [3.63, 3.8) is 0 Å². The molecule has 1 atom stereocenters. The molecule has 2 aromatic heterocycles. The van der Waals surface area contributed by atoms with Gasteiger partial charge in [-0.15, -0.1) is 0 Å². The Hall–Kier alpha value is -3.62. The molecule has 230 valence electrons. The van der Waals surface area contributed by atoms with E-state index >= 15 is 0 Å². The Balaban J connectivity index is 1.30. The molecule has 2 fully saturated rings. The number of amides is 1. The number of nitrogens with one attached hydrogen (secondary N) is 1. The second kappa shape index (κ2) is 13.3. The molecule has 3 aromatic rings. The molecule has 2 N–H and O–H groups in total. The number of hydrogen-bond acceptors (Lipinski definition) is 9. The van der Waals surface area contributed by atoms with Crippen molar-refractivity contribution < 1.29 is 27.9 Å². The van der Waals surface area contributed by atoms with Gasteiger partial charge >= 0.3 is 12.1 Å². The molecule has 14 heteroatoms. The fraction of sp³-hybridized carbons (Fsp3) is 0.483. The lowest BCUT2D eigenvalue weighted by Crippen LogP contribution is -2.47. The summed E-state index contributed by atoms with van der Waals surface area (Å²) in [6.07, 6.45) is 1.66. The maximum Gasteiger partial charge on any atom is 0.416 e. The minimum Gasteiger partial charge on any atom is -0.481 e. The van der Waals surface area contributed by atoms with Gasteiger partial charge < -0.3 is 10.0 Å². The number of piperazine rings is 1. The molecular formula is C29H34F3N7O3S. The van der Waals surface area contributed by atoms with E-state index in [1.807, 2.05) is 4.90 Å². The van der Waals surface area contributed by atoms with Crippen molar-refractivity contribution in [1.82, 2.24) is 24.8 Å². The number of thiazole rings is 1. The monoisotopic (exact) mass is 617 g/mol. The van der Waals surface area contributed by atoms with E-state index in [2.05, 4.69) is 37.0 Å². The Kier molecular flexibility index (Phi) is 9.57. The number of nitrogens with zero attached hydrogens (tertiary/aromatic N) is 6. The van der Waals surface area contributed by atoms with Gasteiger partial charge in [-0.05, 0) is 37.9 Å². The van der Waals surface area contributed by atoms with Gasteiger partial charge in [0.1, 0.15) is 11.5 Å². The Morgan fingerprint density at radius 3 is 2.58 bits per heavy atom. The number of benzene rings is 1. The molecule has 2 saturated heterocycles. The average molecular weight is 618 g/mol. The van der Waals surface area contributed by atoms with E-state index in [0.717, 1.165) is 42.8 Å². The van der Waals surface area contributed by atoms with E-state index in [0.29, 0.717) is 62.4 Å². The predicted molar refractivity (Wildman–Crippen MR) is 157 cm³/mol. The molecule has 0 spiro atoms. The Morgan fingerprint density at radius 1 is 1.12 bits per heavy atom. The fourth-order valence-electron chi connectivity index (χ4n) is 5.55. The van der Waals surface area contributed by atoms with Gasteiger partial charge in [0.15, 0.2) is 5.13 Å². The first-order chi connectivity index (χ1) is 20.6. The average Bonchev–Trinajstić information content (AvgIpc) is 3.62. The van der Waals surface area contributed by atoms with Gasteiger partial charge in [-0.25, -0.2) is 15.0 Å². The first-order valence-corrected chi connectivity index (χ1v) is 15.2. The van der Waals surface area contributed by atoms with Gasteiger partial charge in [0, 0.05) is 55.8 Å². The van der Waals surface area contributed by atoms with E-state index < -0.39 is 23.6 Å². The van der Waals surface area contributed by atoms with E-state index in [1.54, 1.807) is 6.07 Å². The highest BCUT2D eigenvalue weighted by atomic mass is 32.1. The summed E-state index contributed by atoms with van der Waals surface area (Å²) in [5.41, 5.74) is 0.115. The third kappa shape index (κ3) is 7.67. The maximum atomic E-state index is 13.5. The highest BCUT2D eigenvalue weighted by Crippen LogP contribution is 2.37. The number of carboxylic acids is 1. The van der Waals surface area contributed by atoms with Crippen molar-refractivity contribution in [3.8, 4) is 11.3 Å². The predicted octanol–water partition coefficient (Wildman–Crippen LogP) is 4.84. The third-order valence-electron chi connectivity index (χ3n) is 7.91. The van der Waals surface area contributed by atoms with Crippen LogP contribution in [0.3, 0.4) is 0 Å². The van der Waals surface area contributed by atoms with Crippen molar-refractivity contribution in [1.29, 1.82) is 0 Å². The summed E-state index contributed by atoms with van der Waals surface area (Å²) in [4.78, 5) is 44.4. The van der Waals surface area contributed by atoms with Gasteiger partial charge in [0.05, 0.1) is 30.1 Å². The molecule has 1 amide bonds. The summed E-state index contributed by atoms with van der Waals surface area (Å²) in [6, 6.07) is 5.51. The lowest BCUT2D eigenvalue weighted by atomic mass is 10.1. The minimum absolute atomic E-state index is 0.0896. The Morgan fingerprint density at radius 2 is 1.91 bits per heavy atom. The largest absolute Gasteiger partial charge is 0.481 e. The molecule has 0 bridgehead atoms. The van der Waals surface area contributed by atoms with Crippen LogP contribution in [0.15, 0.2) is 36.7 Å². The quantitative estimate of drug-likeness (QED) is 0.330. The number of alkyl halides is 3. The molecule has 4 heterocycles. The zero-order valence-electron chi connectivity index (χ0n) is 23.8. The second-order valence-corrected chi connectivity index (χ2v) is 11.8. The van der Waals surface area contributed by atoms with Gasteiger partial charge in [-0.1, -0.05) is 30.4 Å². The van der Waals surface area contributed by atoms with Crippen LogP contribution in [-0.2, 0) is 17.5 Å². The van der Waals surface area contributed by atoms with Crippen molar-refractivity contribution in [2.24, 2.45) is 0 Å². The van der Waals surface area contributed by atoms with Gasteiger partial charge in [0.25, 0.3) is 5.91 Å². The maximum absolute atomic E-state index is 13.5. The molecule has 43 heavy (non-hydrogen) atoms. The molecule has 0 saturated carbocycles. The van der Waals surface area contributed by atoms with Crippen LogP contribution in [0.25, 0.3) is 11.3 Å². The molecular weight excluding hydrogens is 583 g/mol. The summed E-state index contributed by atoms with van der Waals surface area (Å²) in [7, 11) is 0. The number of halogens is 3. The molecule has 10 nitrogen and oxygen atoms in total. The summed E-state index contributed by atoms with van der Waals surface area (Å²) < 4.78 is 40.4. The first kappa shape index (κ1) is 30.8. The number of carboxylic acid groups (broad SMARTS) is 1. The van der Waals surface area contributed by atoms with Crippen LogP contribution in [0.2, 0.25) is 0 Å². The van der Waals surface area contributed by atoms with E-state index in [-0.39, 0.29) is 17.2 Å². The minimum atomic E-state index is -4.48. The van der Waals surface area contributed by atoms with Crippen LogP contribution in [0.5, 0.6) is 0 Å². The zero-order chi connectivity index (χ0) is 30.6. The smallest absolute Gasteiger partial charge is 0.416 e. The van der Waals surface area contributed by atoms with Crippen LogP contribution in [0.1, 0.15) is 53.5 Å². The molecule has 2 aliphatic heterocycles. The molecule has 0 radical (unpaired) electrons. The van der Waals surface area contributed by atoms with E-state index in [1.165, 1.54) is 29.8 Å². The van der Waals surface area contributed by atoms with E-state index in [4.69, 9.17) is 5.11 Å². The molecule has 1 unspecified atom stereocenters. The van der Waals surface area contributed by atoms with Crippen LogP contribution in [0.4, 0.5) is 24.1 Å². The van der Waals surface area contributed by atoms with Crippen molar-refractivity contribution >= 4 is 34.2 Å². The number of anilines is 2. The van der Waals surface area contributed by atoms with Crippen LogP contribution < -0.4 is 10.2 Å². The third-order valence-corrected chi connectivity index (χ3v) is 8.86. The first-order valence-electron chi connectivity index (χ1n) is 14.3. The molecule has 5 rings (SSSR count). The van der Waals surface area contributed by atoms with Crippen molar-refractivity contribution in [2.75, 3.05) is 49.5 Å². The lowest BCUT2D eigenvalue weighted by Gasteiger charge is -2.34. The van der Waals surface area contributed by atoms with Gasteiger partial charge in [-0.3, -0.25) is 24.7 Å². The number of aromatic nitrogens is 3. The summed E-state index contributed by atoms with van der Waals surface area (Å²) in [5.74, 6) is -0.713. The lowest BCUT2D eigenvalue weighted by molar-refractivity contribution is -0.138. The van der Waals surface area contributed by atoms with E-state index in [9.17, 15) is 22.8 Å². The van der Waals surface area contributed by atoms with Crippen LogP contribution >= 0.6 is 11.3 Å². The van der Waals surface area contributed by atoms with Gasteiger partial charge in [0.2, 0.25) is 0 Å². The number of likely N-dealkylation sites (tertiary alicyclic amines) is 1. The summed E-state index contributed by atoms with van der Waals surface area (Å²) in [5, 5.41) is 11.9. The normalized spacial score (nSPS) is 18.2. The molecule has 1 aromatic carbocycles. The van der Waals surface area contributed by atoms with Crippen LogP contribution in [-0.4, -0.2) is 87.0 Å².